The van der Waals surface area contributed by atoms with E-state index in [0.29, 0.717) is 5.88 Å². The second-order valence-electron chi connectivity index (χ2n) is 4.18. The van der Waals surface area contributed by atoms with Gasteiger partial charge in [0.25, 0.3) is 0 Å². The summed E-state index contributed by atoms with van der Waals surface area (Å²) in [4.78, 5) is 8.53. The van der Waals surface area contributed by atoms with Crippen LogP contribution in [0.25, 0.3) is 0 Å². The van der Waals surface area contributed by atoms with Gasteiger partial charge in [-0.1, -0.05) is 0 Å². The predicted octanol–water partition coefficient (Wildman–Crippen LogP) is 2.61. The number of nitrogens with one attached hydrogen (secondary N) is 1. The highest BCUT2D eigenvalue weighted by Gasteiger charge is 2.06. The summed E-state index contributed by atoms with van der Waals surface area (Å²) in [5.41, 5.74) is 3.02. The van der Waals surface area contributed by atoms with Gasteiger partial charge in [0.15, 0.2) is 5.75 Å². The van der Waals surface area contributed by atoms with Gasteiger partial charge in [-0.25, -0.2) is 4.98 Å². The minimum Gasteiger partial charge on any atom is -0.437 e. The normalized spacial score (nSPS) is 10.4. The molecule has 0 aliphatic rings. The van der Waals surface area contributed by atoms with E-state index in [1.54, 1.807) is 6.20 Å². The van der Waals surface area contributed by atoms with Gasteiger partial charge in [-0.2, -0.15) is 0 Å². The Bertz CT molecular complexity index is 540. The zero-order valence-corrected chi connectivity index (χ0v) is 10.9. The maximum Gasteiger partial charge on any atom is 0.222 e. The van der Waals surface area contributed by atoms with Crippen LogP contribution in [0.3, 0.4) is 0 Å². The van der Waals surface area contributed by atoms with Crippen LogP contribution < -0.4 is 10.1 Å². The molecule has 0 aliphatic heterocycles. The van der Waals surface area contributed by atoms with Crippen molar-refractivity contribution in [1.29, 1.82) is 0 Å². The third-order valence-electron chi connectivity index (χ3n) is 2.63. The van der Waals surface area contributed by atoms with Crippen molar-refractivity contribution >= 4 is 0 Å². The van der Waals surface area contributed by atoms with Gasteiger partial charge < -0.3 is 10.1 Å². The minimum absolute atomic E-state index is 0.631. The molecule has 0 spiro atoms. The molecule has 4 nitrogen and oxygen atoms in total. The summed E-state index contributed by atoms with van der Waals surface area (Å²) in [6.45, 7) is 4.72. The summed E-state index contributed by atoms with van der Waals surface area (Å²) in [6.07, 6.45) is 3.57. The Labute approximate surface area is 107 Å². The Balaban J connectivity index is 2.22. The SMILES string of the molecule is CNCc1cnc(Oc2cccnc2C)c(C)c1. The van der Waals surface area contributed by atoms with E-state index in [4.69, 9.17) is 4.74 Å². The topological polar surface area (TPSA) is 47.0 Å². The summed E-state index contributed by atoms with van der Waals surface area (Å²) in [6, 6.07) is 5.82. The van der Waals surface area contributed by atoms with Crippen molar-refractivity contribution in [3.63, 3.8) is 0 Å². The monoisotopic (exact) mass is 243 g/mol. The molecule has 4 heteroatoms. The highest BCUT2D eigenvalue weighted by Crippen LogP contribution is 2.24. The van der Waals surface area contributed by atoms with Gasteiger partial charge in [-0.15, -0.1) is 0 Å². The lowest BCUT2D eigenvalue weighted by atomic mass is 10.2. The Hall–Kier alpha value is -1.94. The van der Waals surface area contributed by atoms with Crippen LogP contribution in [0.5, 0.6) is 11.6 Å². The molecule has 0 atom stereocenters. The lowest BCUT2D eigenvalue weighted by molar-refractivity contribution is 0.452. The third kappa shape index (κ3) is 2.84. The number of ether oxygens (including phenoxy) is 1. The molecule has 18 heavy (non-hydrogen) atoms. The highest BCUT2D eigenvalue weighted by molar-refractivity contribution is 5.35. The highest BCUT2D eigenvalue weighted by atomic mass is 16.5. The molecule has 94 valence electrons. The number of hydrogen-bond donors (Lipinski definition) is 1. The van der Waals surface area contributed by atoms with Gasteiger partial charge in [-0.3, -0.25) is 4.98 Å². The van der Waals surface area contributed by atoms with Gasteiger partial charge in [0, 0.05) is 24.5 Å². The Morgan fingerprint density at radius 3 is 2.78 bits per heavy atom. The lowest BCUT2D eigenvalue weighted by Gasteiger charge is -2.10. The van der Waals surface area contributed by atoms with Crippen LogP contribution in [0.2, 0.25) is 0 Å². The Morgan fingerprint density at radius 1 is 1.28 bits per heavy atom. The number of nitrogens with zero attached hydrogens (tertiary/aromatic N) is 2. The molecule has 0 saturated carbocycles. The zero-order valence-electron chi connectivity index (χ0n) is 10.9. The van der Waals surface area contributed by atoms with Crippen molar-refractivity contribution in [3.05, 3.63) is 47.4 Å². The quantitative estimate of drug-likeness (QED) is 0.896. The number of pyridine rings is 2. The molecule has 2 aromatic rings. The number of aryl methyl sites for hydroxylation is 2. The Morgan fingerprint density at radius 2 is 2.11 bits per heavy atom. The molecule has 0 aliphatic carbocycles. The van der Waals surface area contributed by atoms with Crippen LogP contribution in [-0.2, 0) is 6.54 Å². The summed E-state index contributed by atoms with van der Waals surface area (Å²) < 4.78 is 5.78. The standard InChI is InChI=1S/C14H17N3O/c1-10-7-12(8-15-3)9-17-14(10)18-13-5-4-6-16-11(13)2/h4-7,9,15H,8H2,1-3H3. The van der Waals surface area contributed by atoms with E-state index >= 15 is 0 Å². The Kier molecular flexibility index (Phi) is 3.89. The molecule has 0 aromatic carbocycles. The maximum absolute atomic E-state index is 5.78. The summed E-state index contributed by atoms with van der Waals surface area (Å²) in [7, 11) is 1.92. The van der Waals surface area contributed by atoms with E-state index in [2.05, 4.69) is 21.4 Å². The molecule has 0 saturated heterocycles. The van der Waals surface area contributed by atoms with Crippen molar-refractivity contribution in [2.75, 3.05) is 7.05 Å². The largest absolute Gasteiger partial charge is 0.437 e. The first-order chi connectivity index (χ1) is 8.70. The molecule has 0 unspecified atom stereocenters. The van der Waals surface area contributed by atoms with E-state index < -0.39 is 0 Å². The number of hydrogen-bond acceptors (Lipinski definition) is 4. The summed E-state index contributed by atoms with van der Waals surface area (Å²) in [5.74, 6) is 1.38. The predicted molar refractivity (Wildman–Crippen MR) is 70.8 cm³/mol. The lowest BCUT2D eigenvalue weighted by Crippen LogP contribution is -2.06. The van der Waals surface area contributed by atoms with Gasteiger partial charge in [0.2, 0.25) is 5.88 Å². The molecular formula is C14H17N3O. The summed E-state index contributed by atoms with van der Waals surface area (Å²) >= 11 is 0. The van der Waals surface area contributed by atoms with Gasteiger partial charge in [0.05, 0.1) is 5.69 Å². The fourth-order valence-electron chi connectivity index (χ4n) is 1.71. The zero-order chi connectivity index (χ0) is 13.0. The van der Waals surface area contributed by atoms with Crippen molar-refractivity contribution in [2.45, 2.75) is 20.4 Å². The van der Waals surface area contributed by atoms with E-state index in [1.807, 2.05) is 39.2 Å². The average Bonchev–Trinajstić information content (AvgIpc) is 2.35. The smallest absolute Gasteiger partial charge is 0.222 e. The number of aromatic nitrogens is 2. The van der Waals surface area contributed by atoms with E-state index in [9.17, 15) is 0 Å². The molecular weight excluding hydrogens is 226 g/mol. The molecule has 0 bridgehead atoms. The first-order valence-corrected chi connectivity index (χ1v) is 5.90. The van der Waals surface area contributed by atoms with Crippen molar-refractivity contribution < 1.29 is 4.74 Å². The van der Waals surface area contributed by atoms with E-state index in [1.165, 1.54) is 0 Å². The van der Waals surface area contributed by atoms with Crippen LogP contribution in [-0.4, -0.2) is 17.0 Å². The second-order valence-corrected chi connectivity index (χ2v) is 4.18. The van der Waals surface area contributed by atoms with Crippen molar-refractivity contribution in [1.82, 2.24) is 15.3 Å². The summed E-state index contributed by atoms with van der Waals surface area (Å²) in [5, 5.41) is 3.10. The van der Waals surface area contributed by atoms with Crippen LogP contribution in [0.4, 0.5) is 0 Å². The maximum atomic E-state index is 5.78. The fourth-order valence-corrected chi connectivity index (χ4v) is 1.71. The van der Waals surface area contributed by atoms with Crippen LogP contribution in [0.15, 0.2) is 30.6 Å². The van der Waals surface area contributed by atoms with E-state index in [0.717, 1.165) is 29.1 Å². The van der Waals surface area contributed by atoms with Crippen molar-refractivity contribution in [2.24, 2.45) is 0 Å². The average molecular weight is 243 g/mol. The van der Waals surface area contributed by atoms with Crippen LogP contribution >= 0.6 is 0 Å². The van der Waals surface area contributed by atoms with Crippen molar-refractivity contribution in [3.8, 4) is 11.6 Å². The molecule has 0 radical (unpaired) electrons. The molecule has 0 fully saturated rings. The van der Waals surface area contributed by atoms with E-state index in [-0.39, 0.29) is 0 Å². The van der Waals surface area contributed by atoms with Gasteiger partial charge in [0.1, 0.15) is 0 Å². The van der Waals surface area contributed by atoms with Crippen LogP contribution in [0, 0.1) is 13.8 Å². The first-order valence-electron chi connectivity index (χ1n) is 5.90. The van der Waals surface area contributed by atoms with Gasteiger partial charge in [-0.05, 0) is 44.7 Å². The second kappa shape index (κ2) is 5.60. The molecule has 2 rings (SSSR count). The first kappa shape index (κ1) is 12.5. The number of rotatable bonds is 4. The minimum atomic E-state index is 0.631. The molecule has 1 N–H and O–H groups in total. The molecule has 0 amide bonds. The van der Waals surface area contributed by atoms with Crippen LogP contribution in [0.1, 0.15) is 16.8 Å². The fraction of sp³-hybridized carbons (Fsp3) is 0.286. The molecule has 2 heterocycles. The third-order valence-corrected chi connectivity index (χ3v) is 2.63. The van der Waals surface area contributed by atoms with Gasteiger partial charge >= 0.3 is 0 Å². The molecule has 2 aromatic heterocycles.